The Morgan fingerprint density at radius 1 is 1.21 bits per heavy atom. The number of ether oxygens (including phenoxy) is 4. The van der Waals surface area contributed by atoms with E-state index in [0.717, 1.165) is 0 Å². The van der Waals surface area contributed by atoms with Gasteiger partial charge in [0.15, 0.2) is 0 Å². The van der Waals surface area contributed by atoms with E-state index in [2.05, 4.69) is 4.74 Å². The number of hydrogen-bond acceptors (Lipinski definition) is 8. The number of hydrogen-bond donors (Lipinski definition) is 1. The maximum absolute atomic E-state index is 12.6. The van der Waals surface area contributed by atoms with Gasteiger partial charge in [-0.05, 0) is 45.0 Å². The number of aliphatic hydroxyl groups is 1. The molecular formula is C20H27NO8. The molecule has 1 aliphatic rings. The lowest BCUT2D eigenvalue weighted by Crippen LogP contribution is -2.44. The molecule has 0 unspecified atom stereocenters. The molecule has 1 N–H and O–H groups in total. The summed E-state index contributed by atoms with van der Waals surface area (Å²) in [5, 5.41) is 10.6. The molecular weight excluding hydrogens is 382 g/mol. The molecule has 0 aromatic heterocycles. The Balaban J connectivity index is 2.10. The normalized spacial score (nSPS) is 21.4. The van der Waals surface area contributed by atoms with Crippen molar-refractivity contribution in [3.8, 4) is 5.75 Å². The summed E-state index contributed by atoms with van der Waals surface area (Å²) in [6.07, 6.45) is -0.665. The van der Waals surface area contributed by atoms with E-state index in [1.165, 1.54) is 18.9 Å². The summed E-state index contributed by atoms with van der Waals surface area (Å²) in [7, 11) is 1.29. The van der Waals surface area contributed by atoms with E-state index in [0.29, 0.717) is 11.3 Å². The molecule has 1 fully saturated rings. The largest absolute Gasteiger partial charge is 0.491 e. The van der Waals surface area contributed by atoms with Crippen molar-refractivity contribution < 1.29 is 38.4 Å². The highest BCUT2D eigenvalue weighted by molar-refractivity contribution is 5.89. The fourth-order valence-electron chi connectivity index (χ4n) is 2.96. The van der Waals surface area contributed by atoms with Crippen LogP contribution < -0.4 is 4.74 Å². The predicted molar refractivity (Wildman–Crippen MR) is 101 cm³/mol. The minimum Gasteiger partial charge on any atom is -0.491 e. The van der Waals surface area contributed by atoms with Gasteiger partial charge in [-0.15, -0.1) is 0 Å². The number of esters is 2. The summed E-state index contributed by atoms with van der Waals surface area (Å²) in [6.45, 7) is 6.18. The fraction of sp³-hybridized carbons (Fsp3) is 0.550. The number of rotatable bonds is 5. The highest BCUT2D eigenvalue weighted by Gasteiger charge is 2.49. The molecule has 2 atom stereocenters. The molecule has 1 aliphatic heterocycles. The number of likely N-dealkylation sites (tertiary alicyclic amines) is 1. The lowest BCUT2D eigenvalue weighted by atomic mass is 10.1. The van der Waals surface area contributed by atoms with Gasteiger partial charge < -0.3 is 24.1 Å². The Labute approximate surface area is 169 Å². The van der Waals surface area contributed by atoms with Crippen molar-refractivity contribution in [2.45, 2.75) is 51.5 Å². The summed E-state index contributed by atoms with van der Waals surface area (Å²) < 4.78 is 20.8. The van der Waals surface area contributed by atoms with E-state index in [1.54, 1.807) is 45.0 Å². The van der Waals surface area contributed by atoms with E-state index in [4.69, 9.17) is 14.2 Å². The Bertz CT molecular complexity index is 755. The predicted octanol–water partition coefficient (Wildman–Crippen LogP) is 2.11. The van der Waals surface area contributed by atoms with Gasteiger partial charge in [-0.1, -0.05) is 0 Å². The second-order valence-electron chi connectivity index (χ2n) is 7.83. The van der Waals surface area contributed by atoms with Crippen LogP contribution in [0, 0.1) is 0 Å². The Kier molecular flexibility index (Phi) is 6.73. The molecule has 0 spiro atoms. The van der Waals surface area contributed by atoms with Crippen molar-refractivity contribution in [3.63, 3.8) is 0 Å². The van der Waals surface area contributed by atoms with Crippen molar-refractivity contribution in [1.29, 1.82) is 0 Å². The SMILES string of the molecule is COC(=O)c1ccc(OC[C@@H]2C[C@](O)(OC(C)=O)CN2C(=O)OC(C)(C)C)cc1. The maximum atomic E-state index is 12.6. The fourth-order valence-corrected chi connectivity index (χ4v) is 2.96. The van der Waals surface area contributed by atoms with Crippen molar-refractivity contribution in [2.75, 3.05) is 20.3 Å². The van der Waals surface area contributed by atoms with Crippen molar-refractivity contribution >= 4 is 18.0 Å². The molecule has 0 radical (unpaired) electrons. The van der Waals surface area contributed by atoms with Gasteiger partial charge in [0.2, 0.25) is 5.79 Å². The zero-order chi connectivity index (χ0) is 21.8. The molecule has 0 bridgehead atoms. The van der Waals surface area contributed by atoms with Gasteiger partial charge >= 0.3 is 18.0 Å². The molecule has 0 saturated carbocycles. The molecule has 160 valence electrons. The molecule has 9 nitrogen and oxygen atoms in total. The lowest BCUT2D eigenvalue weighted by Gasteiger charge is -2.28. The van der Waals surface area contributed by atoms with Crippen molar-refractivity contribution in [2.24, 2.45) is 0 Å². The number of carbonyl (C=O) groups excluding carboxylic acids is 3. The quantitative estimate of drug-likeness (QED) is 0.447. The third-order valence-corrected chi connectivity index (χ3v) is 4.09. The van der Waals surface area contributed by atoms with Gasteiger partial charge in [0.1, 0.15) is 18.0 Å². The van der Waals surface area contributed by atoms with Crippen LogP contribution >= 0.6 is 0 Å². The van der Waals surface area contributed by atoms with Crippen molar-refractivity contribution in [3.05, 3.63) is 29.8 Å². The molecule has 2 rings (SSSR count). The minimum atomic E-state index is -1.81. The zero-order valence-corrected chi connectivity index (χ0v) is 17.3. The monoisotopic (exact) mass is 409 g/mol. The first-order valence-electron chi connectivity index (χ1n) is 9.15. The third-order valence-electron chi connectivity index (χ3n) is 4.09. The number of nitrogens with zero attached hydrogens (tertiary/aromatic N) is 1. The van der Waals surface area contributed by atoms with Crippen LogP contribution in [0.3, 0.4) is 0 Å². The summed E-state index contributed by atoms with van der Waals surface area (Å²) in [4.78, 5) is 36.7. The second-order valence-corrected chi connectivity index (χ2v) is 7.83. The van der Waals surface area contributed by atoms with Gasteiger partial charge in [-0.2, -0.15) is 0 Å². The first kappa shape index (κ1) is 22.5. The lowest BCUT2D eigenvalue weighted by molar-refractivity contribution is -0.201. The molecule has 1 aromatic rings. The number of benzene rings is 1. The smallest absolute Gasteiger partial charge is 0.410 e. The highest BCUT2D eigenvalue weighted by atomic mass is 16.7. The molecule has 1 amide bonds. The molecule has 1 heterocycles. The highest BCUT2D eigenvalue weighted by Crippen LogP contribution is 2.30. The van der Waals surface area contributed by atoms with Gasteiger partial charge in [-0.3, -0.25) is 9.69 Å². The van der Waals surface area contributed by atoms with Crippen LogP contribution in [-0.2, 0) is 19.0 Å². The Morgan fingerprint density at radius 3 is 2.34 bits per heavy atom. The van der Waals surface area contributed by atoms with Crippen LogP contribution in [0.4, 0.5) is 4.79 Å². The van der Waals surface area contributed by atoms with Crippen LogP contribution in [-0.4, -0.2) is 65.7 Å². The first-order chi connectivity index (χ1) is 13.4. The average Bonchev–Trinajstić information content (AvgIpc) is 2.94. The zero-order valence-electron chi connectivity index (χ0n) is 17.3. The molecule has 0 aliphatic carbocycles. The number of β-amino-alcohol motifs (C(OH)–C–C–N with tert-alkyl or cyclic N) is 1. The van der Waals surface area contributed by atoms with Crippen LogP contribution in [0.25, 0.3) is 0 Å². The summed E-state index contributed by atoms with van der Waals surface area (Å²) in [5.74, 6) is -2.47. The van der Waals surface area contributed by atoms with E-state index >= 15 is 0 Å². The molecule has 1 aromatic carbocycles. The summed E-state index contributed by atoms with van der Waals surface area (Å²) in [6, 6.07) is 5.71. The first-order valence-corrected chi connectivity index (χ1v) is 9.15. The standard InChI is InChI=1S/C20H27NO8/c1-13(22)28-20(25)10-15(21(12-20)18(24)29-19(2,3)4)11-27-16-8-6-14(7-9-16)17(23)26-5/h6-9,15,25H,10-12H2,1-5H3/t15-,20-/m0/s1. The van der Waals surface area contributed by atoms with Crippen LogP contribution in [0.5, 0.6) is 5.75 Å². The van der Waals surface area contributed by atoms with Crippen LogP contribution in [0.1, 0.15) is 44.5 Å². The summed E-state index contributed by atoms with van der Waals surface area (Å²) in [5.41, 5.74) is -0.353. The molecule has 9 heteroatoms. The number of amides is 1. The molecule has 29 heavy (non-hydrogen) atoms. The number of methoxy groups -OCH3 is 1. The van der Waals surface area contributed by atoms with Crippen LogP contribution in [0.15, 0.2) is 24.3 Å². The van der Waals surface area contributed by atoms with E-state index in [-0.39, 0.29) is 19.6 Å². The van der Waals surface area contributed by atoms with E-state index in [9.17, 15) is 19.5 Å². The number of carbonyl (C=O) groups is 3. The molecule has 1 saturated heterocycles. The minimum absolute atomic E-state index is 0.0218. The third kappa shape index (κ3) is 6.35. The van der Waals surface area contributed by atoms with Gasteiger partial charge in [0.25, 0.3) is 0 Å². The average molecular weight is 409 g/mol. The maximum Gasteiger partial charge on any atom is 0.410 e. The summed E-state index contributed by atoms with van der Waals surface area (Å²) >= 11 is 0. The van der Waals surface area contributed by atoms with E-state index < -0.39 is 35.5 Å². The van der Waals surface area contributed by atoms with Gasteiger partial charge in [-0.25, -0.2) is 9.59 Å². The van der Waals surface area contributed by atoms with Crippen molar-refractivity contribution in [1.82, 2.24) is 4.90 Å². The van der Waals surface area contributed by atoms with Crippen LogP contribution in [0.2, 0.25) is 0 Å². The topological polar surface area (TPSA) is 112 Å². The van der Waals surface area contributed by atoms with Gasteiger partial charge in [0.05, 0.1) is 25.3 Å². The Hall–Kier alpha value is -2.81. The second kappa shape index (κ2) is 8.69. The van der Waals surface area contributed by atoms with E-state index in [1.807, 2.05) is 0 Å². The Morgan fingerprint density at radius 2 is 1.83 bits per heavy atom. The van der Waals surface area contributed by atoms with Gasteiger partial charge in [0, 0.05) is 13.3 Å².